The summed E-state index contributed by atoms with van der Waals surface area (Å²) in [7, 11) is 1.65. The van der Waals surface area contributed by atoms with E-state index in [1.165, 1.54) is 0 Å². The Hall–Kier alpha value is -2.23. The molecule has 0 amide bonds. The molecule has 18 heavy (non-hydrogen) atoms. The summed E-state index contributed by atoms with van der Waals surface area (Å²) >= 11 is 0. The Kier molecular flexibility index (Phi) is 3.67. The fourth-order valence-electron chi connectivity index (χ4n) is 1.59. The second-order valence-corrected chi connectivity index (χ2v) is 3.98. The normalized spacial score (nSPS) is 10.8. The summed E-state index contributed by atoms with van der Waals surface area (Å²) in [6, 6.07) is 9.58. The topological polar surface area (TPSA) is 47.4 Å². The van der Waals surface area contributed by atoms with Gasteiger partial charge in [0.15, 0.2) is 0 Å². The number of rotatable bonds is 3. The minimum Gasteiger partial charge on any atom is -0.497 e. The van der Waals surface area contributed by atoms with Crippen molar-refractivity contribution in [2.75, 3.05) is 7.11 Å². The molecule has 4 heteroatoms. The molecule has 2 aromatic rings. The monoisotopic (exact) mass is 241 g/mol. The molecule has 2 rings (SSSR count). The van der Waals surface area contributed by atoms with Crippen LogP contribution in [0.4, 0.5) is 5.95 Å². The third-order valence-corrected chi connectivity index (χ3v) is 2.42. The summed E-state index contributed by atoms with van der Waals surface area (Å²) < 4.78 is 5.09. The van der Waals surface area contributed by atoms with Crippen molar-refractivity contribution in [2.45, 2.75) is 13.8 Å². The highest BCUT2D eigenvalue weighted by Gasteiger charge is 1.96. The first-order valence-corrected chi connectivity index (χ1v) is 5.68. The predicted octanol–water partition coefficient (Wildman–Crippen LogP) is 2.85. The summed E-state index contributed by atoms with van der Waals surface area (Å²) in [5.74, 6) is 1.32. The summed E-state index contributed by atoms with van der Waals surface area (Å²) in [5.41, 5.74) is 2.83. The number of aryl methyl sites for hydroxylation is 2. The molecule has 4 nitrogen and oxygen atoms in total. The van der Waals surface area contributed by atoms with E-state index in [9.17, 15) is 0 Å². The molecule has 1 aromatic heterocycles. The van der Waals surface area contributed by atoms with Crippen LogP contribution in [0.5, 0.6) is 5.75 Å². The zero-order valence-electron chi connectivity index (χ0n) is 10.7. The Balaban J connectivity index is 2.18. The molecule has 0 atom stereocenters. The van der Waals surface area contributed by atoms with Gasteiger partial charge in [-0.2, -0.15) is 0 Å². The summed E-state index contributed by atoms with van der Waals surface area (Å²) in [4.78, 5) is 12.8. The molecule has 0 aliphatic heterocycles. The van der Waals surface area contributed by atoms with Crippen LogP contribution < -0.4 is 4.74 Å². The van der Waals surface area contributed by atoms with E-state index < -0.39 is 0 Å². The second kappa shape index (κ2) is 5.40. The van der Waals surface area contributed by atoms with Crippen LogP contribution in [0, 0.1) is 13.8 Å². The van der Waals surface area contributed by atoms with Crippen molar-refractivity contribution in [2.24, 2.45) is 4.99 Å². The van der Waals surface area contributed by atoms with Gasteiger partial charge in [-0.15, -0.1) is 0 Å². The van der Waals surface area contributed by atoms with E-state index in [0.29, 0.717) is 5.95 Å². The highest BCUT2D eigenvalue weighted by atomic mass is 16.5. The van der Waals surface area contributed by atoms with Gasteiger partial charge in [0.2, 0.25) is 5.95 Å². The lowest BCUT2D eigenvalue weighted by Crippen LogP contribution is -1.90. The van der Waals surface area contributed by atoms with Gasteiger partial charge in [0.05, 0.1) is 7.11 Å². The summed E-state index contributed by atoms with van der Waals surface area (Å²) in [5, 5.41) is 0. The molecule has 0 aliphatic rings. The average molecular weight is 241 g/mol. The van der Waals surface area contributed by atoms with Gasteiger partial charge in [-0.25, -0.2) is 15.0 Å². The van der Waals surface area contributed by atoms with Crippen LogP contribution in [-0.2, 0) is 0 Å². The standard InChI is InChI=1S/C14H15N3O/c1-10-8-11(2)17-14(16-10)15-9-12-4-6-13(18-3)7-5-12/h4-9H,1-3H3/b15-9+. The molecule has 0 aliphatic carbocycles. The van der Waals surface area contributed by atoms with Gasteiger partial charge in [0.1, 0.15) is 5.75 Å². The van der Waals surface area contributed by atoms with Gasteiger partial charge < -0.3 is 4.74 Å². The molecule has 0 spiro atoms. The van der Waals surface area contributed by atoms with E-state index in [4.69, 9.17) is 4.74 Å². The van der Waals surface area contributed by atoms with Crippen LogP contribution in [0.2, 0.25) is 0 Å². The number of aromatic nitrogens is 2. The van der Waals surface area contributed by atoms with Crippen molar-refractivity contribution in [3.63, 3.8) is 0 Å². The van der Waals surface area contributed by atoms with E-state index >= 15 is 0 Å². The first kappa shape index (κ1) is 12.2. The Morgan fingerprint density at radius 2 is 1.67 bits per heavy atom. The van der Waals surface area contributed by atoms with Crippen LogP contribution in [0.15, 0.2) is 35.3 Å². The first-order valence-electron chi connectivity index (χ1n) is 5.68. The first-order chi connectivity index (χ1) is 8.67. The predicted molar refractivity (Wildman–Crippen MR) is 71.8 cm³/mol. The number of aliphatic imine (C=N–C) groups is 1. The van der Waals surface area contributed by atoms with Crippen molar-refractivity contribution in [1.29, 1.82) is 0 Å². The van der Waals surface area contributed by atoms with Gasteiger partial charge in [0, 0.05) is 17.6 Å². The molecule has 0 radical (unpaired) electrons. The fourth-order valence-corrected chi connectivity index (χ4v) is 1.59. The maximum atomic E-state index is 5.09. The highest BCUT2D eigenvalue weighted by molar-refractivity contribution is 5.81. The number of hydrogen-bond donors (Lipinski definition) is 0. The molecule has 0 fully saturated rings. The zero-order chi connectivity index (χ0) is 13.0. The molecule has 0 bridgehead atoms. The van der Waals surface area contributed by atoms with Crippen molar-refractivity contribution < 1.29 is 4.74 Å². The minimum atomic E-state index is 0.489. The summed E-state index contributed by atoms with van der Waals surface area (Å²) in [6.07, 6.45) is 1.74. The summed E-state index contributed by atoms with van der Waals surface area (Å²) in [6.45, 7) is 3.86. The third kappa shape index (κ3) is 3.13. The number of ether oxygens (including phenoxy) is 1. The van der Waals surface area contributed by atoms with Crippen molar-refractivity contribution in [3.8, 4) is 5.75 Å². The highest BCUT2D eigenvalue weighted by Crippen LogP contribution is 2.11. The largest absolute Gasteiger partial charge is 0.497 e. The number of hydrogen-bond acceptors (Lipinski definition) is 4. The van der Waals surface area contributed by atoms with E-state index in [0.717, 1.165) is 22.7 Å². The Morgan fingerprint density at radius 3 is 2.22 bits per heavy atom. The maximum absolute atomic E-state index is 5.09. The smallest absolute Gasteiger partial charge is 0.249 e. The average Bonchev–Trinajstić information content (AvgIpc) is 2.36. The molecule has 1 aromatic carbocycles. The van der Waals surface area contributed by atoms with E-state index in [1.807, 2.05) is 44.2 Å². The molecule has 0 saturated carbocycles. The lowest BCUT2D eigenvalue weighted by atomic mass is 10.2. The van der Waals surface area contributed by atoms with Gasteiger partial charge >= 0.3 is 0 Å². The number of methoxy groups -OCH3 is 1. The van der Waals surface area contributed by atoms with E-state index in [1.54, 1.807) is 13.3 Å². The Morgan fingerprint density at radius 1 is 1.06 bits per heavy atom. The quantitative estimate of drug-likeness (QED) is 0.776. The van der Waals surface area contributed by atoms with E-state index in [-0.39, 0.29) is 0 Å². The van der Waals surface area contributed by atoms with Crippen LogP contribution in [0.25, 0.3) is 0 Å². The molecule has 0 N–H and O–H groups in total. The van der Waals surface area contributed by atoms with Crippen molar-refractivity contribution in [3.05, 3.63) is 47.3 Å². The van der Waals surface area contributed by atoms with Crippen molar-refractivity contribution in [1.82, 2.24) is 9.97 Å². The fraction of sp³-hybridized carbons (Fsp3) is 0.214. The molecular formula is C14H15N3O. The maximum Gasteiger partial charge on any atom is 0.249 e. The molecule has 0 saturated heterocycles. The van der Waals surface area contributed by atoms with E-state index in [2.05, 4.69) is 15.0 Å². The zero-order valence-corrected chi connectivity index (χ0v) is 10.7. The lowest BCUT2D eigenvalue weighted by molar-refractivity contribution is 0.415. The molecular weight excluding hydrogens is 226 g/mol. The van der Waals surface area contributed by atoms with Crippen LogP contribution >= 0.6 is 0 Å². The Bertz CT molecular complexity index is 542. The van der Waals surface area contributed by atoms with Crippen molar-refractivity contribution >= 4 is 12.2 Å². The third-order valence-electron chi connectivity index (χ3n) is 2.42. The minimum absolute atomic E-state index is 0.489. The van der Waals surface area contributed by atoms with Gasteiger partial charge in [-0.05, 0) is 49.7 Å². The van der Waals surface area contributed by atoms with Crippen LogP contribution in [-0.4, -0.2) is 23.3 Å². The molecule has 92 valence electrons. The molecule has 1 heterocycles. The van der Waals surface area contributed by atoms with Crippen LogP contribution in [0.3, 0.4) is 0 Å². The SMILES string of the molecule is COc1ccc(/C=N/c2nc(C)cc(C)n2)cc1. The van der Waals surface area contributed by atoms with Gasteiger partial charge in [-0.3, -0.25) is 0 Å². The number of nitrogens with zero attached hydrogens (tertiary/aromatic N) is 3. The number of benzene rings is 1. The Labute approximate surface area is 106 Å². The van der Waals surface area contributed by atoms with Gasteiger partial charge in [0.25, 0.3) is 0 Å². The van der Waals surface area contributed by atoms with Gasteiger partial charge in [-0.1, -0.05) is 0 Å². The molecule has 0 unspecified atom stereocenters. The van der Waals surface area contributed by atoms with Crippen LogP contribution in [0.1, 0.15) is 17.0 Å². The lowest BCUT2D eigenvalue weighted by Gasteiger charge is -1.99. The second-order valence-electron chi connectivity index (χ2n) is 3.98.